The number of alkyl halides is 3. The van der Waals surface area contributed by atoms with Crippen molar-refractivity contribution in [3.05, 3.63) is 74.2 Å². The van der Waals surface area contributed by atoms with Crippen molar-refractivity contribution in [2.24, 2.45) is 5.92 Å². The molecule has 5 rings (SSSR count). The van der Waals surface area contributed by atoms with Gasteiger partial charge in [-0.2, -0.15) is 13.2 Å². The highest BCUT2D eigenvalue weighted by Gasteiger charge is 2.57. The van der Waals surface area contributed by atoms with Gasteiger partial charge in [-0.1, -0.05) is 47.4 Å². The number of aromatic nitrogens is 1. The van der Waals surface area contributed by atoms with E-state index in [-0.39, 0.29) is 18.8 Å². The lowest BCUT2D eigenvalue weighted by molar-refractivity contribution is -0.144. The molecule has 0 bridgehead atoms. The Morgan fingerprint density at radius 2 is 1.79 bits per heavy atom. The Balaban J connectivity index is 1.66. The number of thioether (sulfide) groups is 1. The molecular weight excluding hydrogens is 557 g/mol. The van der Waals surface area contributed by atoms with Crippen LogP contribution in [0, 0.1) is 5.92 Å². The summed E-state index contributed by atoms with van der Waals surface area (Å²) in [6.07, 6.45) is -4.67. The van der Waals surface area contributed by atoms with Crippen LogP contribution in [0.4, 0.5) is 18.9 Å². The van der Waals surface area contributed by atoms with Crippen molar-refractivity contribution in [3.8, 4) is 5.75 Å². The molecule has 0 saturated carbocycles. The van der Waals surface area contributed by atoms with Crippen LogP contribution in [0.15, 0.2) is 58.4 Å². The minimum absolute atomic E-state index is 0.112. The van der Waals surface area contributed by atoms with Crippen molar-refractivity contribution in [1.29, 1.82) is 0 Å². The number of halogens is 3. The first-order chi connectivity index (χ1) is 18.6. The molecule has 1 fully saturated rings. The molecule has 0 spiro atoms. The number of esters is 1. The molecule has 2 aromatic carbocycles. The fourth-order valence-electron chi connectivity index (χ4n) is 4.93. The van der Waals surface area contributed by atoms with Crippen LogP contribution < -0.4 is 14.5 Å². The minimum atomic E-state index is -4.67. The number of methoxy groups -OCH3 is 1. The number of amides is 2. The molecule has 8 nitrogen and oxygen atoms in total. The van der Waals surface area contributed by atoms with Crippen LogP contribution in [-0.4, -0.2) is 41.3 Å². The summed E-state index contributed by atoms with van der Waals surface area (Å²) in [6, 6.07) is 10.9. The summed E-state index contributed by atoms with van der Waals surface area (Å²) < 4.78 is 52.0. The Hall–Kier alpha value is -3.58. The van der Waals surface area contributed by atoms with Crippen LogP contribution in [-0.2, 0) is 31.8 Å². The molecule has 2 amide bonds. The number of hydrogen-bond donors (Lipinski definition) is 0. The van der Waals surface area contributed by atoms with E-state index < -0.39 is 51.5 Å². The van der Waals surface area contributed by atoms with Crippen LogP contribution in [0.3, 0.4) is 0 Å². The summed E-state index contributed by atoms with van der Waals surface area (Å²) in [5.74, 6) is -3.48. The number of fused-ring (bicyclic) bond motifs is 2. The molecule has 2 aliphatic heterocycles. The van der Waals surface area contributed by atoms with Gasteiger partial charge in [0.25, 0.3) is 0 Å². The summed E-state index contributed by atoms with van der Waals surface area (Å²) >= 11 is 1.80. The number of rotatable bonds is 6. The summed E-state index contributed by atoms with van der Waals surface area (Å²) in [5, 5.41) is -0.723. The fraction of sp³-hybridized carbons (Fsp3) is 0.308. The molecule has 0 N–H and O–H groups in total. The van der Waals surface area contributed by atoms with Crippen molar-refractivity contribution in [3.63, 3.8) is 0 Å². The zero-order chi connectivity index (χ0) is 28.1. The van der Waals surface area contributed by atoms with Crippen molar-refractivity contribution >= 4 is 46.6 Å². The number of imide groups is 1. The molecule has 3 atom stereocenters. The van der Waals surface area contributed by atoms with E-state index in [0.29, 0.717) is 21.2 Å². The maximum Gasteiger partial charge on any atom is 0.416 e. The van der Waals surface area contributed by atoms with E-state index in [9.17, 15) is 32.3 Å². The van der Waals surface area contributed by atoms with Gasteiger partial charge in [-0.05, 0) is 31.2 Å². The molecule has 0 aliphatic carbocycles. The summed E-state index contributed by atoms with van der Waals surface area (Å²) in [4.78, 5) is 53.6. The third kappa shape index (κ3) is 4.63. The van der Waals surface area contributed by atoms with E-state index in [1.165, 1.54) is 17.7 Å². The predicted molar refractivity (Wildman–Crippen MR) is 137 cm³/mol. The number of carbonyl (C=O) groups is 3. The maximum atomic E-state index is 13.9. The van der Waals surface area contributed by atoms with Gasteiger partial charge in [-0.15, -0.1) is 0 Å². The number of nitrogens with zero attached hydrogens (tertiary/aromatic N) is 2. The van der Waals surface area contributed by atoms with Crippen LogP contribution in [0.1, 0.15) is 28.8 Å². The molecule has 13 heteroatoms. The van der Waals surface area contributed by atoms with Crippen molar-refractivity contribution in [1.82, 2.24) is 4.57 Å². The molecule has 204 valence electrons. The average Bonchev–Trinajstić information content (AvgIpc) is 3.34. The van der Waals surface area contributed by atoms with Crippen molar-refractivity contribution in [2.45, 2.75) is 35.8 Å². The molecule has 0 radical (unpaired) electrons. The lowest BCUT2D eigenvalue weighted by atomic mass is 9.82. The Morgan fingerprint density at radius 1 is 1.05 bits per heavy atom. The van der Waals surface area contributed by atoms with E-state index in [2.05, 4.69) is 0 Å². The molecule has 3 aromatic rings. The Morgan fingerprint density at radius 3 is 2.49 bits per heavy atom. The second-order valence-corrected chi connectivity index (χ2v) is 10.9. The van der Waals surface area contributed by atoms with Crippen LogP contribution in [0.5, 0.6) is 5.75 Å². The number of benzene rings is 2. The second kappa shape index (κ2) is 10.2. The summed E-state index contributed by atoms with van der Waals surface area (Å²) in [5.41, 5.74) is -0.652. The van der Waals surface area contributed by atoms with E-state index in [1.54, 1.807) is 31.2 Å². The highest BCUT2D eigenvalue weighted by Crippen LogP contribution is 2.55. The lowest BCUT2D eigenvalue weighted by Crippen LogP contribution is -2.33. The quantitative estimate of drug-likeness (QED) is 0.318. The van der Waals surface area contributed by atoms with E-state index in [0.717, 1.165) is 46.2 Å². The Kier molecular flexibility index (Phi) is 7.06. The summed E-state index contributed by atoms with van der Waals surface area (Å²) in [7, 11) is 1.44. The van der Waals surface area contributed by atoms with Gasteiger partial charge in [0.2, 0.25) is 11.8 Å². The number of hydrogen-bond acceptors (Lipinski definition) is 8. The maximum absolute atomic E-state index is 13.9. The molecular formula is C26H21F3N2O6S2. The average molecular weight is 579 g/mol. The smallest absolute Gasteiger partial charge is 0.416 e. The van der Waals surface area contributed by atoms with Gasteiger partial charge >= 0.3 is 17.0 Å². The van der Waals surface area contributed by atoms with Gasteiger partial charge in [0.15, 0.2) is 0 Å². The molecule has 39 heavy (non-hydrogen) atoms. The van der Waals surface area contributed by atoms with Crippen LogP contribution >= 0.6 is 23.1 Å². The number of para-hydroxylation sites is 1. The monoisotopic (exact) mass is 578 g/mol. The molecule has 3 heterocycles. The van der Waals surface area contributed by atoms with E-state index in [4.69, 9.17) is 9.47 Å². The van der Waals surface area contributed by atoms with Gasteiger partial charge in [0, 0.05) is 16.4 Å². The first kappa shape index (κ1) is 27.0. The predicted octanol–water partition coefficient (Wildman–Crippen LogP) is 4.30. The number of ether oxygens (including phenoxy) is 2. The zero-order valence-corrected chi connectivity index (χ0v) is 22.2. The SMILES string of the molecule is CCOC(=O)Cn1c2c(sc1=O)[C@H](c1ccccc1OC)C1C(=O)N(c3cccc(C(F)(F)F)c3)C(=O)C1S2. The van der Waals surface area contributed by atoms with E-state index >= 15 is 0 Å². The van der Waals surface area contributed by atoms with Crippen molar-refractivity contribution < 1.29 is 37.0 Å². The lowest BCUT2D eigenvalue weighted by Gasteiger charge is -2.31. The van der Waals surface area contributed by atoms with Gasteiger partial charge < -0.3 is 9.47 Å². The summed E-state index contributed by atoms with van der Waals surface area (Å²) in [6.45, 7) is 1.35. The minimum Gasteiger partial charge on any atom is -0.496 e. The largest absolute Gasteiger partial charge is 0.496 e. The van der Waals surface area contributed by atoms with E-state index in [1.807, 2.05) is 0 Å². The standard InChI is InChI=1S/C26H21F3N2O6S2/c1-3-37-17(32)12-30-24-21(39-25(30)35)18(15-9-4-5-10-16(15)36-2)19-20(38-24)23(34)31(22(19)33)14-8-6-7-13(11-14)26(27,28)29/h4-11,18-20H,3,12H2,1-2H3/t18-,19?,20?/m1/s1. The third-order valence-electron chi connectivity index (χ3n) is 6.55. The first-order valence-corrected chi connectivity index (χ1v) is 13.5. The molecule has 1 aromatic heterocycles. The highest BCUT2D eigenvalue weighted by molar-refractivity contribution is 8.00. The first-order valence-electron chi connectivity index (χ1n) is 11.8. The van der Waals surface area contributed by atoms with Gasteiger partial charge in [0.05, 0.1) is 35.9 Å². The Labute approximate surface area is 228 Å². The Bertz CT molecular complexity index is 1530. The van der Waals surface area contributed by atoms with Crippen molar-refractivity contribution in [2.75, 3.05) is 18.6 Å². The third-order valence-corrected chi connectivity index (χ3v) is 9.15. The van der Waals surface area contributed by atoms with Gasteiger partial charge in [-0.25, -0.2) is 4.90 Å². The number of anilines is 1. The molecule has 1 saturated heterocycles. The number of carbonyl (C=O) groups excluding carboxylic acids is 3. The molecule has 2 aliphatic rings. The zero-order valence-electron chi connectivity index (χ0n) is 20.6. The topological polar surface area (TPSA) is 94.9 Å². The van der Waals surface area contributed by atoms with Crippen LogP contribution in [0.25, 0.3) is 0 Å². The normalized spacial score (nSPS) is 20.5. The number of thiazole rings is 1. The van der Waals surface area contributed by atoms with Gasteiger partial charge in [-0.3, -0.25) is 23.7 Å². The second-order valence-electron chi connectivity index (χ2n) is 8.77. The fourth-order valence-corrected chi connectivity index (χ4v) is 7.69. The van der Waals surface area contributed by atoms with Gasteiger partial charge in [0.1, 0.15) is 17.5 Å². The highest BCUT2D eigenvalue weighted by atomic mass is 32.2. The van der Waals surface area contributed by atoms with Crippen LogP contribution in [0.2, 0.25) is 0 Å². The molecule has 2 unspecified atom stereocenters.